The number of imide groups is 1. The molecule has 8 heteroatoms. The second-order valence-corrected chi connectivity index (χ2v) is 10.6. The summed E-state index contributed by atoms with van der Waals surface area (Å²) in [7, 11) is -3.63. The summed E-state index contributed by atoms with van der Waals surface area (Å²) >= 11 is 0. The highest BCUT2D eigenvalue weighted by Gasteiger charge is 2.44. The van der Waals surface area contributed by atoms with Crippen LogP contribution >= 0.6 is 0 Å². The van der Waals surface area contributed by atoms with E-state index in [4.69, 9.17) is 0 Å². The van der Waals surface area contributed by atoms with Crippen LogP contribution in [0.25, 0.3) is 0 Å². The molecule has 2 fully saturated rings. The van der Waals surface area contributed by atoms with Crippen molar-refractivity contribution in [1.82, 2.24) is 9.21 Å². The standard InChI is InChI=1S/C24H29N3O4S/c1-16-13-18(3)23(19(4)14-16)32(30,31)26-11-9-25(10-12-26)21-15-22(28)27(24(21)29)20-8-6-5-7-17(20)2/h5-8,13-14,21H,9-12,15H2,1-4H3/t21-/m1/s1. The van der Waals surface area contributed by atoms with Crippen molar-refractivity contribution >= 4 is 27.5 Å². The molecule has 0 radical (unpaired) electrons. The Balaban J connectivity index is 1.49. The Bertz CT molecular complexity index is 1160. The lowest BCUT2D eigenvalue weighted by Crippen LogP contribution is -2.53. The zero-order valence-corrected chi connectivity index (χ0v) is 19.8. The van der Waals surface area contributed by atoms with E-state index in [2.05, 4.69) is 0 Å². The molecule has 2 aliphatic rings. The Hall–Kier alpha value is -2.55. The van der Waals surface area contributed by atoms with Gasteiger partial charge in [0.25, 0.3) is 5.91 Å². The van der Waals surface area contributed by atoms with Crippen LogP contribution in [0.1, 0.15) is 28.7 Å². The van der Waals surface area contributed by atoms with Crippen molar-refractivity contribution in [2.45, 2.75) is 45.1 Å². The number of carbonyl (C=O) groups is 2. The van der Waals surface area contributed by atoms with E-state index >= 15 is 0 Å². The van der Waals surface area contributed by atoms with Gasteiger partial charge in [0.1, 0.15) is 0 Å². The van der Waals surface area contributed by atoms with Crippen molar-refractivity contribution in [3.8, 4) is 0 Å². The number of nitrogens with zero attached hydrogens (tertiary/aromatic N) is 3. The van der Waals surface area contributed by atoms with E-state index in [1.165, 1.54) is 9.21 Å². The summed E-state index contributed by atoms with van der Waals surface area (Å²) in [4.78, 5) is 29.4. The van der Waals surface area contributed by atoms with Gasteiger partial charge in [0.05, 0.1) is 23.0 Å². The number of rotatable bonds is 4. The van der Waals surface area contributed by atoms with Crippen LogP contribution in [0.5, 0.6) is 0 Å². The highest BCUT2D eigenvalue weighted by atomic mass is 32.2. The highest BCUT2D eigenvalue weighted by Crippen LogP contribution is 2.30. The van der Waals surface area contributed by atoms with E-state index in [-0.39, 0.29) is 31.3 Å². The second-order valence-electron chi connectivity index (χ2n) is 8.74. The molecule has 2 saturated heterocycles. The molecule has 0 aromatic heterocycles. The summed E-state index contributed by atoms with van der Waals surface area (Å²) in [5.41, 5.74) is 4.02. The molecule has 0 saturated carbocycles. The molecule has 2 heterocycles. The van der Waals surface area contributed by atoms with E-state index in [1.807, 2.05) is 62.9 Å². The van der Waals surface area contributed by atoms with Crippen LogP contribution < -0.4 is 4.90 Å². The van der Waals surface area contributed by atoms with Gasteiger partial charge in [0.15, 0.2) is 0 Å². The third-order valence-electron chi connectivity index (χ3n) is 6.40. The predicted octanol–water partition coefficient (Wildman–Crippen LogP) is 2.56. The normalized spacial score (nSPS) is 20.9. The first-order valence-electron chi connectivity index (χ1n) is 10.9. The molecule has 0 bridgehead atoms. The maximum atomic E-state index is 13.3. The number of piperazine rings is 1. The largest absolute Gasteiger partial charge is 0.289 e. The molecule has 2 amide bonds. The lowest BCUT2D eigenvalue weighted by atomic mass is 10.1. The zero-order chi connectivity index (χ0) is 23.2. The van der Waals surface area contributed by atoms with Crippen LogP contribution in [0.4, 0.5) is 5.69 Å². The fraction of sp³-hybridized carbons (Fsp3) is 0.417. The molecular formula is C24H29N3O4S. The molecule has 0 spiro atoms. The van der Waals surface area contributed by atoms with E-state index in [9.17, 15) is 18.0 Å². The smallest absolute Gasteiger partial charge is 0.251 e. The van der Waals surface area contributed by atoms with Crippen LogP contribution in [0.2, 0.25) is 0 Å². The molecule has 7 nitrogen and oxygen atoms in total. The van der Waals surface area contributed by atoms with Crippen molar-refractivity contribution in [3.05, 3.63) is 58.7 Å². The van der Waals surface area contributed by atoms with Gasteiger partial charge in [-0.05, 0) is 50.5 Å². The van der Waals surface area contributed by atoms with E-state index in [0.29, 0.717) is 23.7 Å². The zero-order valence-electron chi connectivity index (χ0n) is 19.0. The lowest BCUT2D eigenvalue weighted by Gasteiger charge is -2.36. The number of sulfonamides is 1. The summed E-state index contributed by atoms with van der Waals surface area (Å²) in [5.74, 6) is -0.443. The van der Waals surface area contributed by atoms with Gasteiger partial charge in [0, 0.05) is 26.2 Å². The molecule has 2 aromatic rings. The Morgan fingerprint density at radius 1 is 0.844 bits per heavy atom. The molecule has 2 aromatic carbocycles. The maximum Gasteiger partial charge on any atom is 0.251 e. The van der Waals surface area contributed by atoms with Crippen LogP contribution in [0.3, 0.4) is 0 Å². The Morgan fingerprint density at radius 2 is 1.44 bits per heavy atom. The topological polar surface area (TPSA) is 78.0 Å². The lowest BCUT2D eigenvalue weighted by molar-refractivity contribution is -0.123. The first-order chi connectivity index (χ1) is 15.1. The number of amides is 2. The average molecular weight is 456 g/mol. The van der Waals surface area contributed by atoms with Crippen molar-refractivity contribution in [2.24, 2.45) is 0 Å². The average Bonchev–Trinajstić information content (AvgIpc) is 3.01. The van der Waals surface area contributed by atoms with Gasteiger partial charge in [-0.1, -0.05) is 35.9 Å². The summed E-state index contributed by atoms with van der Waals surface area (Å²) in [5, 5.41) is 0. The first kappa shape index (κ1) is 22.6. The summed E-state index contributed by atoms with van der Waals surface area (Å²) in [6, 6.07) is 10.6. The molecule has 1 atom stereocenters. The molecule has 0 aliphatic carbocycles. The van der Waals surface area contributed by atoms with Gasteiger partial charge in [0.2, 0.25) is 15.9 Å². The van der Waals surface area contributed by atoms with Crippen LogP contribution in [-0.4, -0.2) is 61.7 Å². The summed E-state index contributed by atoms with van der Waals surface area (Å²) in [6.07, 6.45) is 0.121. The van der Waals surface area contributed by atoms with Crippen molar-refractivity contribution in [2.75, 3.05) is 31.1 Å². The molecule has 170 valence electrons. The van der Waals surface area contributed by atoms with Crippen molar-refractivity contribution in [3.63, 3.8) is 0 Å². The fourth-order valence-corrected chi connectivity index (χ4v) is 6.76. The minimum atomic E-state index is -3.63. The van der Waals surface area contributed by atoms with E-state index < -0.39 is 16.1 Å². The quantitative estimate of drug-likeness (QED) is 0.662. The highest BCUT2D eigenvalue weighted by molar-refractivity contribution is 7.89. The number of hydrogen-bond donors (Lipinski definition) is 0. The SMILES string of the molecule is Cc1cc(C)c(S(=O)(=O)N2CCN([C@@H]3CC(=O)N(c4ccccc4C)C3=O)CC2)c(C)c1. The van der Waals surface area contributed by atoms with E-state index in [0.717, 1.165) is 22.3 Å². The molecule has 32 heavy (non-hydrogen) atoms. The van der Waals surface area contributed by atoms with Gasteiger partial charge in [-0.3, -0.25) is 14.5 Å². The third-order valence-corrected chi connectivity index (χ3v) is 8.60. The van der Waals surface area contributed by atoms with Gasteiger partial charge < -0.3 is 0 Å². The maximum absolute atomic E-state index is 13.3. The number of aryl methyl sites for hydroxylation is 4. The van der Waals surface area contributed by atoms with E-state index in [1.54, 1.807) is 6.07 Å². The number of benzene rings is 2. The third kappa shape index (κ3) is 3.87. The molecule has 0 unspecified atom stereocenters. The fourth-order valence-electron chi connectivity index (χ4n) is 4.93. The monoisotopic (exact) mass is 455 g/mol. The molecule has 4 rings (SSSR count). The number of para-hydroxylation sites is 1. The Morgan fingerprint density at radius 3 is 2.03 bits per heavy atom. The second kappa shape index (κ2) is 8.42. The van der Waals surface area contributed by atoms with Gasteiger partial charge >= 0.3 is 0 Å². The number of anilines is 1. The Kier molecular flexibility index (Phi) is 5.96. The van der Waals surface area contributed by atoms with Crippen LogP contribution in [0, 0.1) is 27.7 Å². The first-order valence-corrected chi connectivity index (χ1v) is 12.3. The minimum absolute atomic E-state index is 0.121. The summed E-state index contributed by atoms with van der Waals surface area (Å²) < 4.78 is 28.2. The van der Waals surface area contributed by atoms with Gasteiger partial charge in [-0.15, -0.1) is 0 Å². The number of carbonyl (C=O) groups excluding carboxylic acids is 2. The van der Waals surface area contributed by atoms with Crippen molar-refractivity contribution < 1.29 is 18.0 Å². The minimum Gasteiger partial charge on any atom is -0.289 e. The number of hydrogen-bond acceptors (Lipinski definition) is 5. The van der Waals surface area contributed by atoms with Crippen molar-refractivity contribution in [1.29, 1.82) is 0 Å². The molecule has 2 aliphatic heterocycles. The van der Waals surface area contributed by atoms with Crippen LogP contribution in [0.15, 0.2) is 41.3 Å². The molecule has 0 N–H and O–H groups in total. The Labute approximate surface area is 189 Å². The van der Waals surface area contributed by atoms with Crippen LogP contribution in [-0.2, 0) is 19.6 Å². The summed E-state index contributed by atoms with van der Waals surface area (Å²) in [6.45, 7) is 8.88. The molecular weight excluding hydrogens is 426 g/mol. The van der Waals surface area contributed by atoms with Gasteiger partial charge in [-0.25, -0.2) is 13.3 Å². The van der Waals surface area contributed by atoms with Gasteiger partial charge in [-0.2, -0.15) is 4.31 Å². The predicted molar refractivity (Wildman–Crippen MR) is 123 cm³/mol.